The maximum absolute atomic E-state index is 13.0. The van der Waals surface area contributed by atoms with Crippen molar-refractivity contribution < 1.29 is 27.1 Å². The van der Waals surface area contributed by atoms with Gasteiger partial charge in [-0.2, -0.15) is 13.2 Å². The Hall–Kier alpha value is -2.77. The highest BCUT2D eigenvalue weighted by atomic mass is 19.4. The van der Waals surface area contributed by atoms with E-state index in [1.807, 2.05) is 0 Å². The van der Waals surface area contributed by atoms with Crippen molar-refractivity contribution in [1.29, 1.82) is 0 Å². The highest BCUT2D eigenvalue weighted by molar-refractivity contribution is 5.90. The summed E-state index contributed by atoms with van der Waals surface area (Å²) >= 11 is 0. The van der Waals surface area contributed by atoms with Gasteiger partial charge < -0.3 is 15.4 Å². The van der Waals surface area contributed by atoms with Gasteiger partial charge in [0.2, 0.25) is 0 Å². The molecule has 2 N–H and O–H groups in total. The maximum Gasteiger partial charge on any atom is 0.418 e. The van der Waals surface area contributed by atoms with Crippen molar-refractivity contribution in [2.24, 2.45) is 0 Å². The molecular weight excluding hydrogens is 376 g/mol. The molecule has 0 bridgehead atoms. The molecule has 0 heterocycles. The number of anilines is 1. The van der Waals surface area contributed by atoms with E-state index in [0.29, 0.717) is 31.4 Å². The molecule has 0 aliphatic heterocycles. The number of amides is 2. The van der Waals surface area contributed by atoms with E-state index < -0.39 is 17.8 Å². The topological polar surface area (TPSA) is 50.4 Å². The Morgan fingerprint density at radius 2 is 1.61 bits per heavy atom. The third-order valence-corrected chi connectivity index (χ3v) is 4.61. The highest BCUT2D eigenvalue weighted by Crippen LogP contribution is 2.34. The summed E-state index contributed by atoms with van der Waals surface area (Å²) in [6.45, 7) is 0. The summed E-state index contributed by atoms with van der Waals surface area (Å²) in [5.41, 5.74) is -1.16. The Morgan fingerprint density at radius 3 is 2.25 bits per heavy atom. The standard InChI is InChI=1S/C20H20F4N2O2/c21-13-5-9-15(10-6-13)28-16-11-7-14(8-12-16)25-19(27)26-18-4-2-1-3-17(18)20(22,23)24/h1-6,9-10,14,16H,7-8,11-12H2,(H2,25,26,27). The molecule has 4 nitrogen and oxygen atoms in total. The summed E-state index contributed by atoms with van der Waals surface area (Å²) in [5.74, 6) is 0.248. The van der Waals surface area contributed by atoms with E-state index in [1.165, 1.54) is 30.3 Å². The van der Waals surface area contributed by atoms with Crippen LogP contribution in [0, 0.1) is 5.82 Å². The van der Waals surface area contributed by atoms with E-state index >= 15 is 0 Å². The lowest BCUT2D eigenvalue weighted by Crippen LogP contribution is -2.42. The van der Waals surface area contributed by atoms with E-state index in [2.05, 4.69) is 10.6 Å². The molecule has 3 rings (SSSR count). The molecule has 0 aromatic heterocycles. The predicted molar refractivity (Wildman–Crippen MR) is 96.7 cm³/mol. The van der Waals surface area contributed by atoms with E-state index in [4.69, 9.17) is 4.74 Å². The largest absolute Gasteiger partial charge is 0.490 e. The zero-order valence-corrected chi connectivity index (χ0v) is 14.9. The van der Waals surface area contributed by atoms with Crippen LogP contribution in [0.4, 0.5) is 28.0 Å². The van der Waals surface area contributed by atoms with Crippen molar-refractivity contribution in [2.75, 3.05) is 5.32 Å². The first-order chi connectivity index (χ1) is 13.3. The van der Waals surface area contributed by atoms with Gasteiger partial charge in [0.25, 0.3) is 0 Å². The van der Waals surface area contributed by atoms with Crippen LogP contribution in [0.15, 0.2) is 48.5 Å². The molecule has 1 saturated carbocycles. The van der Waals surface area contributed by atoms with Crippen LogP contribution in [0.2, 0.25) is 0 Å². The van der Waals surface area contributed by atoms with E-state index in [1.54, 1.807) is 12.1 Å². The van der Waals surface area contributed by atoms with E-state index in [-0.39, 0.29) is 23.7 Å². The van der Waals surface area contributed by atoms with Crippen molar-refractivity contribution in [2.45, 2.75) is 44.0 Å². The lowest BCUT2D eigenvalue weighted by molar-refractivity contribution is -0.136. The summed E-state index contributed by atoms with van der Waals surface area (Å²) in [7, 11) is 0. The second kappa shape index (κ2) is 8.50. The molecular formula is C20H20F4N2O2. The number of halogens is 4. The van der Waals surface area contributed by atoms with E-state index in [0.717, 1.165) is 6.07 Å². The number of ether oxygens (including phenoxy) is 1. The number of para-hydroxylation sites is 1. The fourth-order valence-corrected chi connectivity index (χ4v) is 3.21. The zero-order chi connectivity index (χ0) is 20.1. The van der Waals surface area contributed by atoms with Gasteiger partial charge in [0, 0.05) is 6.04 Å². The lowest BCUT2D eigenvalue weighted by atomic mass is 9.93. The summed E-state index contributed by atoms with van der Waals surface area (Å²) in [6, 6.07) is 9.81. The van der Waals surface area contributed by atoms with E-state index in [9.17, 15) is 22.4 Å². The van der Waals surface area contributed by atoms with Gasteiger partial charge in [-0.25, -0.2) is 9.18 Å². The molecule has 2 aromatic carbocycles. The number of nitrogens with one attached hydrogen (secondary N) is 2. The minimum Gasteiger partial charge on any atom is -0.490 e. The van der Waals surface area contributed by atoms with Crippen LogP contribution in [0.5, 0.6) is 5.75 Å². The van der Waals surface area contributed by atoms with Crippen molar-refractivity contribution in [3.05, 3.63) is 59.9 Å². The van der Waals surface area contributed by atoms with Crippen LogP contribution < -0.4 is 15.4 Å². The molecule has 8 heteroatoms. The van der Waals surface area contributed by atoms with Gasteiger partial charge in [0.1, 0.15) is 11.6 Å². The number of hydrogen-bond acceptors (Lipinski definition) is 2. The molecule has 150 valence electrons. The Bertz CT molecular complexity index is 801. The molecule has 28 heavy (non-hydrogen) atoms. The summed E-state index contributed by atoms with van der Waals surface area (Å²) in [5, 5.41) is 5.00. The van der Waals surface area contributed by atoms with Gasteiger partial charge in [-0.3, -0.25) is 0 Å². The Labute approximate surface area is 159 Å². The van der Waals surface area contributed by atoms with Gasteiger partial charge in [-0.1, -0.05) is 12.1 Å². The third-order valence-electron chi connectivity index (χ3n) is 4.61. The smallest absolute Gasteiger partial charge is 0.418 e. The van der Waals surface area contributed by atoms with Gasteiger partial charge in [-0.15, -0.1) is 0 Å². The number of benzene rings is 2. The lowest BCUT2D eigenvalue weighted by Gasteiger charge is -2.29. The van der Waals surface area contributed by atoms with Crippen molar-refractivity contribution in [3.63, 3.8) is 0 Å². The van der Waals surface area contributed by atoms with Crippen LogP contribution in [0.1, 0.15) is 31.2 Å². The molecule has 1 fully saturated rings. The molecule has 2 aromatic rings. The van der Waals surface area contributed by atoms with Crippen molar-refractivity contribution in [3.8, 4) is 5.75 Å². The summed E-state index contributed by atoms with van der Waals surface area (Å²) in [4.78, 5) is 12.1. The minimum atomic E-state index is -4.54. The molecule has 0 saturated heterocycles. The second-order valence-electron chi connectivity index (χ2n) is 6.69. The maximum atomic E-state index is 13.0. The Morgan fingerprint density at radius 1 is 0.964 bits per heavy atom. The average molecular weight is 396 g/mol. The van der Waals surface area contributed by atoms with Crippen LogP contribution in [-0.2, 0) is 6.18 Å². The fraction of sp³-hybridized carbons (Fsp3) is 0.350. The molecule has 0 spiro atoms. The summed E-state index contributed by atoms with van der Waals surface area (Å²) in [6.07, 6.45) is -1.94. The van der Waals surface area contributed by atoms with Gasteiger partial charge in [-0.05, 0) is 62.1 Å². The SMILES string of the molecule is O=C(Nc1ccccc1C(F)(F)F)NC1CCC(Oc2ccc(F)cc2)CC1. The number of carbonyl (C=O) groups excluding carboxylic acids is 1. The first-order valence-corrected chi connectivity index (χ1v) is 8.97. The number of carbonyl (C=O) groups is 1. The Kier molecular flexibility index (Phi) is 6.06. The van der Waals surface area contributed by atoms with Crippen LogP contribution in [0.25, 0.3) is 0 Å². The van der Waals surface area contributed by atoms with Crippen LogP contribution >= 0.6 is 0 Å². The zero-order valence-electron chi connectivity index (χ0n) is 14.9. The first kappa shape index (κ1) is 20.0. The van der Waals surface area contributed by atoms with Gasteiger partial charge in [0.15, 0.2) is 0 Å². The average Bonchev–Trinajstić information content (AvgIpc) is 2.65. The third kappa shape index (κ3) is 5.37. The van der Waals surface area contributed by atoms with Crippen molar-refractivity contribution >= 4 is 11.7 Å². The monoisotopic (exact) mass is 396 g/mol. The first-order valence-electron chi connectivity index (χ1n) is 8.97. The normalized spacial score (nSPS) is 19.7. The highest BCUT2D eigenvalue weighted by Gasteiger charge is 2.33. The van der Waals surface area contributed by atoms with Gasteiger partial charge in [0.05, 0.1) is 17.4 Å². The quantitative estimate of drug-likeness (QED) is 0.684. The minimum absolute atomic E-state index is 0.0440. The Balaban J connectivity index is 1.48. The number of urea groups is 1. The molecule has 1 aliphatic rings. The summed E-state index contributed by atoms with van der Waals surface area (Å²) < 4.78 is 57.7. The molecule has 0 unspecified atom stereocenters. The molecule has 0 radical (unpaired) electrons. The van der Waals surface area contributed by atoms with Gasteiger partial charge >= 0.3 is 12.2 Å². The fourth-order valence-electron chi connectivity index (χ4n) is 3.21. The van der Waals surface area contributed by atoms with Crippen molar-refractivity contribution in [1.82, 2.24) is 5.32 Å². The number of hydrogen-bond donors (Lipinski definition) is 2. The number of rotatable bonds is 4. The second-order valence-corrected chi connectivity index (χ2v) is 6.69. The predicted octanol–water partition coefficient (Wildman–Crippen LogP) is 5.36. The number of alkyl halides is 3. The molecule has 2 amide bonds. The van der Waals surface area contributed by atoms with Crippen LogP contribution in [0.3, 0.4) is 0 Å². The molecule has 0 atom stereocenters. The van der Waals surface area contributed by atoms with Crippen LogP contribution in [-0.4, -0.2) is 18.2 Å². The molecule has 1 aliphatic carbocycles.